The minimum Gasteiger partial charge on any atom is -0.486 e. The van der Waals surface area contributed by atoms with Crippen LogP contribution in [0.4, 0.5) is 0 Å². The standard InChI is InChI=1S/C14H20N2O4.ClH/c1-16(14(17)11(15)9-18-2)7-10-8-19-12-5-3-4-6-13(12)20-10;/h3-6,10-11H,7-9,15H2,1-2H3;1H. The molecule has 0 fully saturated rings. The number of carbonyl (C=O) groups is 1. The van der Waals surface area contributed by atoms with Gasteiger partial charge in [-0.25, -0.2) is 0 Å². The van der Waals surface area contributed by atoms with Crippen molar-refractivity contribution in [1.82, 2.24) is 4.90 Å². The topological polar surface area (TPSA) is 74.0 Å². The van der Waals surface area contributed by atoms with Crippen molar-refractivity contribution in [1.29, 1.82) is 0 Å². The molecule has 1 aliphatic heterocycles. The number of hydrogen-bond acceptors (Lipinski definition) is 5. The van der Waals surface area contributed by atoms with E-state index in [9.17, 15) is 4.79 Å². The third-order valence-electron chi connectivity index (χ3n) is 3.08. The van der Waals surface area contributed by atoms with Gasteiger partial charge in [0.05, 0.1) is 13.2 Å². The van der Waals surface area contributed by atoms with Crippen LogP contribution in [0.5, 0.6) is 11.5 Å². The molecule has 0 saturated carbocycles. The Kier molecular flexibility index (Phi) is 6.74. The molecular formula is C14H21ClN2O4. The van der Waals surface area contributed by atoms with Crippen molar-refractivity contribution in [3.63, 3.8) is 0 Å². The number of halogens is 1. The molecule has 0 bridgehead atoms. The fourth-order valence-corrected chi connectivity index (χ4v) is 2.08. The summed E-state index contributed by atoms with van der Waals surface area (Å²) in [6.45, 7) is 1.03. The van der Waals surface area contributed by atoms with Crippen LogP contribution in [0.15, 0.2) is 24.3 Å². The normalized spacial score (nSPS) is 17.6. The van der Waals surface area contributed by atoms with E-state index in [1.807, 2.05) is 24.3 Å². The van der Waals surface area contributed by atoms with Crippen LogP contribution >= 0.6 is 12.4 Å². The molecule has 0 aliphatic carbocycles. The summed E-state index contributed by atoms with van der Waals surface area (Å²) in [6, 6.07) is 6.83. The second-order valence-corrected chi connectivity index (χ2v) is 4.78. The number of nitrogens with two attached hydrogens (primary N) is 1. The third-order valence-corrected chi connectivity index (χ3v) is 3.08. The van der Waals surface area contributed by atoms with Gasteiger partial charge in [0.2, 0.25) is 5.91 Å². The predicted octanol–water partition coefficient (Wildman–Crippen LogP) is 0.680. The number of likely N-dealkylation sites (N-methyl/N-ethyl adjacent to an activating group) is 1. The summed E-state index contributed by atoms with van der Waals surface area (Å²) in [6.07, 6.45) is -0.200. The van der Waals surface area contributed by atoms with Crippen LogP contribution in [0.2, 0.25) is 0 Å². The van der Waals surface area contributed by atoms with Crippen LogP contribution in [0, 0.1) is 0 Å². The third kappa shape index (κ3) is 4.49. The smallest absolute Gasteiger partial charge is 0.241 e. The lowest BCUT2D eigenvalue weighted by molar-refractivity contribution is -0.133. The second kappa shape index (κ2) is 8.07. The van der Waals surface area contributed by atoms with Gasteiger partial charge in [-0.1, -0.05) is 12.1 Å². The highest BCUT2D eigenvalue weighted by atomic mass is 35.5. The fraction of sp³-hybridized carbons (Fsp3) is 0.500. The number of ether oxygens (including phenoxy) is 3. The molecule has 0 spiro atoms. The van der Waals surface area contributed by atoms with Crippen LogP contribution in [0.3, 0.4) is 0 Å². The lowest BCUT2D eigenvalue weighted by Crippen LogP contribution is -2.49. The van der Waals surface area contributed by atoms with E-state index in [-0.39, 0.29) is 31.0 Å². The number of methoxy groups -OCH3 is 1. The predicted molar refractivity (Wildman–Crippen MR) is 81.1 cm³/mol. The Bertz CT molecular complexity index is 472. The Hall–Kier alpha value is -1.50. The van der Waals surface area contributed by atoms with Gasteiger partial charge in [-0.15, -0.1) is 12.4 Å². The Morgan fingerprint density at radius 1 is 1.48 bits per heavy atom. The van der Waals surface area contributed by atoms with Crippen molar-refractivity contribution in [3.8, 4) is 11.5 Å². The van der Waals surface area contributed by atoms with Crippen molar-refractivity contribution in [2.24, 2.45) is 5.73 Å². The van der Waals surface area contributed by atoms with Crippen LogP contribution in [0.25, 0.3) is 0 Å². The quantitative estimate of drug-likeness (QED) is 0.864. The zero-order valence-corrected chi connectivity index (χ0v) is 13.0. The minimum atomic E-state index is -0.651. The molecule has 2 rings (SSSR count). The molecule has 6 nitrogen and oxygen atoms in total. The summed E-state index contributed by atoms with van der Waals surface area (Å²) >= 11 is 0. The van der Waals surface area contributed by atoms with Crippen LogP contribution in [-0.2, 0) is 9.53 Å². The number of para-hydroxylation sites is 2. The summed E-state index contributed by atoms with van der Waals surface area (Å²) in [7, 11) is 3.21. The van der Waals surface area contributed by atoms with Crippen LogP contribution in [-0.4, -0.2) is 56.9 Å². The van der Waals surface area contributed by atoms with E-state index in [1.165, 1.54) is 7.11 Å². The molecule has 0 saturated heterocycles. The molecule has 2 unspecified atom stereocenters. The monoisotopic (exact) mass is 316 g/mol. The average Bonchev–Trinajstić information content (AvgIpc) is 2.46. The lowest BCUT2D eigenvalue weighted by Gasteiger charge is -2.30. The summed E-state index contributed by atoms with van der Waals surface area (Å²) in [4.78, 5) is 13.5. The van der Waals surface area contributed by atoms with E-state index in [4.69, 9.17) is 19.9 Å². The minimum absolute atomic E-state index is 0. The highest BCUT2D eigenvalue weighted by Crippen LogP contribution is 2.30. The molecule has 1 aliphatic rings. The molecule has 1 amide bonds. The van der Waals surface area contributed by atoms with Gasteiger partial charge in [0.25, 0.3) is 0 Å². The van der Waals surface area contributed by atoms with E-state index in [0.29, 0.717) is 18.9 Å². The van der Waals surface area contributed by atoms with E-state index in [2.05, 4.69) is 0 Å². The van der Waals surface area contributed by atoms with Gasteiger partial charge in [-0.2, -0.15) is 0 Å². The maximum absolute atomic E-state index is 12.0. The van der Waals surface area contributed by atoms with Gasteiger partial charge < -0.3 is 24.8 Å². The molecule has 2 N–H and O–H groups in total. The SMILES string of the molecule is COCC(N)C(=O)N(C)CC1COc2ccccc2O1.Cl. The van der Waals surface area contributed by atoms with Gasteiger partial charge in [0.15, 0.2) is 17.6 Å². The first-order chi connectivity index (χ1) is 9.61. The summed E-state index contributed by atoms with van der Waals surface area (Å²) in [5.74, 6) is 1.26. The van der Waals surface area contributed by atoms with E-state index < -0.39 is 6.04 Å². The van der Waals surface area contributed by atoms with E-state index >= 15 is 0 Å². The van der Waals surface area contributed by atoms with Crippen molar-refractivity contribution in [3.05, 3.63) is 24.3 Å². The molecule has 7 heteroatoms. The zero-order chi connectivity index (χ0) is 14.5. The first-order valence-electron chi connectivity index (χ1n) is 6.49. The summed E-state index contributed by atoms with van der Waals surface area (Å²) < 4.78 is 16.3. The van der Waals surface area contributed by atoms with E-state index in [0.717, 1.165) is 5.75 Å². The Balaban J connectivity index is 0.00000220. The highest BCUT2D eigenvalue weighted by molar-refractivity contribution is 5.85. The van der Waals surface area contributed by atoms with Gasteiger partial charge >= 0.3 is 0 Å². The molecule has 2 atom stereocenters. The molecule has 0 radical (unpaired) electrons. The molecule has 1 aromatic carbocycles. The number of benzene rings is 1. The van der Waals surface area contributed by atoms with Gasteiger partial charge in [-0.05, 0) is 12.1 Å². The molecule has 118 valence electrons. The summed E-state index contributed by atoms with van der Waals surface area (Å²) in [5, 5.41) is 0. The van der Waals surface area contributed by atoms with Crippen molar-refractivity contribution >= 4 is 18.3 Å². The largest absolute Gasteiger partial charge is 0.486 e. The number of nitrogens with zero attached hydrogens (tertiary/aromatic N) is 1. The number of fused-ring (bicyclic) bond motifs is 1. The van der Waals surface area contributed by atoms with Crippen molar-refractivity contribution in [2.75, 3.05) is 33.9 Å². The molecule has 21 heavy (non-hydrogen) atoms. The zero-order valence-electron chi connectivity index (χ0n) is 12.2. The van der Waals surface area contributed by atoms with Crippen molar-refractivity contribution < 1.29 is 19.0 Å². The molecular weight excluding hydrogens is 296 g/mol. The van der Waals surface area contributed by atoms with Gasteiger partial charge in [0, 0.05) is 14.2 Å². The first kappa shape index (κ1) is 17.6. The maximum atomic E-state index is 12.0. The number of carbonyl (C=O) groups excluding carboxylic acids is 1. The lowest BCUT2D eigenvalue weighted by atomic mass is 10.2. The molecule has 1 heterocycles. The van der Waals surface area contributed by atoms with E-state index in [1.54, 1.807) is 11.9 Å². The highest BCUT2D eigenvalue weighted by Gasteiger charge is 2.25. The number of rotatable bonds is 5. The number of amides is 1. The summed E-state index contributed by atoms with van der Waals surface area (Å²) in [5.41, 5.74) is 5.72. The first-order valence-corrected chi connectivity index (χ1v) is 6.49. The molecule has 0 aromatic heterocycles. The Morgan fingerprint density at radius 2 is 2.14 bits per heavy atom. The number of hydrogen-bond donors (Lipinski definition) is 1. The van der Waals surface area contributed by atoms with Crippen LogP contribution in [0.1, 0.15) is 0 Å². The van der Waals surface area contributed by atoms with Gasteiger partial charge in [-0.3, -0.25) is 4.79 Å². The maximum Gasteiger partial charge on any atom is 0.241 e. The van der Waals surface area contributed by atoms with Crippen LogP contribution < -0.4 is 15.2 Å². The molecule has 1 aromatic rings. The Morgan fingerprint density at radius 3 is 2.81 bits per heavy atom. The second-order valence-electron chi connectivity index (χ2n) is 4.78. The van der Waals surface area contributed by atoms with Crippen molar-refractivity contribution in [2.45, 2.75) is 12.1 Å². The fourth-order valence-electron chi connectivity index (χ4n) is 2.08. The average molecular weight is 317 g/mol. The Labute approximate surface area is 130 Å². The van der Waals surface area contributed by atoms with Gasteiger partial charge in [0.1, 0.15) is 12.6 Å².